The number of halogens is 1. The van der Waals surface area contributed by atoms with Crippen molar-refractivity contribution in [3.63, 3.8) is 0 Å². The highest BCUT2D eigenvalue weighted by Crippen LogP contribution is 2.23. The predicted molar refractivity (Wildman–Crippen MR) is 95.0 cm³/mol. The highest BCUT2D eigenvalue weighted by Gasteiger charge is 2.08. The normalized spacial score (nSPS) is 10.9. The van der Waals surface area contributed by atoms with Gasteiger partial charge in [-0.25, -0.2) is 9.50 Å². The minimum Gasteiger partial charge on any atom is -0.363 e. The molecule has 5 nitrogen and oxygen atoms in total. The van der Waals surface area contributed by atoms with E-state index in [1.807, 2.05) is 59.1 Å². The average molecular weight is 336 g/mol. The van der Waals surface area contributed by atoms with Crippen LogP contribution in [0.3, 0.4) is 0 Å². The van der Waals surface area contributed by atoms with Crippen LogP contribution >= 0.6 is 11.6 Å². The number of hydrogen-bond donors (Lipinski definition) is 1. The molecule has 0 radical (unpaired) electrons. The van der Waals surface area contributed by atoms with E-state index >= 15 is 0 Å². The zero-order chi connectivity index (χ0) is 16.4. The third-order valence-corrected chi connectivity index (χ3v) is 3.89. The van der Waals surface area contributed by atoms with Gasteiger partial charge in [0.15, 0.2) is 5.65 Å². The molecule has 0 aliphatic carbocycles. The molecule has 0 aliphatic rings. The third-order valence-electron chi connectivity index (χ3n) is 3.66. The molecule has 0 amide bonds. The number of fused-ring (bicyclic) bond motifs is 1. The van der Waals surface area contributed by atoms with Crippen LogP contribution < -0.4 is 5.32 Å². The molecule has 0 atom stereocenters. The largest absolute Gasteiger partial charge is 0.363 e. The lowest BCUT2D eigenvalue weighted by Crippen LogP contribution is -2.05. The summed E-state index contributed by atoms with van der Waals surface area (Å²) in [7, 11) is 0. The molecule has 3 aromatic heterocycles. The first-order chi connectivity index (χ1) is 11.8. The van der Waals surface area contributed by atoms with E-state index in [9.17, 15) is 0 Å². The second-order valence-electron chi connectivity index (χ2n) is 5.32. The molecular formula is C18H14ClN5. The van der Waals surface area contributed by atoms with Crippen molar-refractivity contribution in [1.82, 2.24) is 19.6 Å². The van der Waals surface area contributed by atoms with Gasteiger partial charge in [0.05, 0.1) is 24.1 Å². The number of nitrogens with zero attached hydrogens (tertiary/aromatic N) is 4. The van der Waals surface area contributed by atoms with Crippen molar-refractivity contribution in [1.29, 1.82) is 0 Å². The van der Waals surface area contributed by atoms with Crippen molar-refractivity contribution < 1.29 is 0 Å². The van der Waals surface area contributed by atoms with Crippen molar-refractivity contribution >= 4 is 23.1 Å². The number of pyridine rings is 1. The van der Waals surface area contributed by atoms with E-state index in [4.69, 9.17) is 11.6 Å². The Labute approximate surface area is 144 Å². The van der Waals surface area contributed by atoms with Crippen LogP contribution in [-0.2, 0) is 6.54 Å². The summed E-state index contributed by atoms with van der Waals surface area (Å²) < 4.78 is 1.81. The van der Waals surface area contributed by atoms with E-state index in [2.05, 4.69) is 20.4 Å². The Hall–Kier alpha value is -2.92. The zero-order valence-corrected chi connectivity index (χ0v) is 13.5. The molecule has 0 bridgehead atoms. The molecule has 1 N–H and O–H groups in total. The first-order valence-electron chi connectivity index (χ1n) is 7.54. The molecule has 24 heavy (non-hydrogen) atoms. The molecule has 0 aliphatic heterocycles. The van der Waals surface area contributed by atoms with Gasteiger partial charge in [0.25, 0.3) is 0 Å². The molecule has 118 valence electrons. The molecule has 1 aromatic carbocycles. The number of benzene rings is 1. The van der Waals surface area contributed by atoms with Crippen molar-refractivity contribution in [2.75, 3.05) is 5.32 Å². The summed E-state index contributed by atoms with van der Waals surface area (Å²) in [6.45, 7) is 0.612. The van der Waals surface area contributed by atoms with Gasteiger partial charge in [0.1, 0.15) is 5.82 Å². The molecule has 0 saturated carbocycles. The Morgan fingerprint density at radius 3 is 2.79 bits per heavy atom. The second-order valence-corrected chi connectivity index (χ2v) is 5.75. The highest BCUT2D eigenvalue weighted by molar-refractivity contribution is 6.30. The lowest BCUT2D eigenvalue weighted by molar-refractivity contribution is 0.923. The molecule has 0 fully saturated rings. The Kier molecular flexibility index (Phi) is 3.84. The van der Waals surface area contributed by atoms with Gasteiger partial charge in [-0.05, 0) is 36.4 Å². The summed E-state index contributed by atoms with van der Waals surface area (Å²) in [5.74, 6) is 0.759. The van der Waals surface area contributed by atoms with Crippen molar-refractivity contribution in [2.24, 2.45) is 0 Å². The topological polar surface area (TPSA) is 55.1 Å². The summed E-state index contributed by atoms with van der Waals surface area (Å²) in [6, 6.07) is 17.3. The maximum atomic E-state index is 6.09. The van der Waals surface area contributed by atoms with E-state index in [1.54, 1.807) is 12.4 Å². The molecule has 6 heteroatoms. The second kappa shape index (κ2) is 6.29. The minimum absolute atomic E-state index is 0.612. The Morgan fingerprint density at radius 1 is 1.00 bits per heavy atom. The smallest absolute Gasteiger partial charge is 0.154 e. The minimum atomic E-state index is 0.612. The van der Waals surface area contributed by atoms with Crippen LogP contribution in [0.25, 0.3) is 16.9 Å². The Balaban J connectivity index is 1.66. The van der Waals surface area contributed by atoms with Gasteiger partial charge in [-0.1, -0.05) is 29.8 Å². The van der Waals surface area contributed by atoms with Crippen LogP contribution in [0.5, 0.6) is 0 Å². The first kappa shape index (κ1) is 14.7. The van der Waals surface area contributed by atoms with Crippen LogP contribution in [0.1, 0.15) is 5.69 Å². The summed E-state index contributed by atoms with van der Waals surface area (Å²) in [4.78, 5) is 8.70. The fourth-order valence-electron chi connectivity index (χ4n) is 2.50. The molecule has 0 unspecified atom stereocenters. The number of imidazole rings is 1. The van der Waals surface area contributed by atoms with Crippen LogP contribution in [0.15, 0.2) is 67.0 Å². The van der Waals surface area contributed by atoms with E-state index in [-0.39, 0.29) is 0 Å². The fourth-order valence-corrected chi connectivity index (χ4v) is 2.69. The number of nitrogens with one attached hydrogen (secondary N) is 1. The fraction of sp³-hybridized carbons (Fsp3) is 0.0556. The van der Waals surface area contributed by atoms with Crippen LogP contribution in [-0.4, -0.2) is 19.6 Å². The molecule has 4 aromatic rings. The number of rotatable bonds is 4. The van der Waals surface area contributed by atoms with Crippen molar-refractivity contribution in [2.45, 2.75) is 6.54 Å². The Morgan fingerprint density at radius 2 is 1.96 bits per heavy atom. The monoisotopic (exact) mass is 335 g/mol. The maximum Gasteiger partial charge on any atom is 0.154 e. The van der Waals surface area contributed by atoms with Gasteiger partial charge in [0, 0.05) is 16.8 Å². The van der Waals surface area contributed by atoms with E-state index in [0.29, 0.717) is 11.6 Å². The van der Waals surface area contributed by atoms with E-state index in [0.717, 1.165) is 28.4 Å². The molecular weight excluding hydrogens is 322 g/mol. The zero-order valence-electron chi connectivity index (χ0n) is 12.7. The van der Waals surface area contributed by atoms with Crippen LogP contribution in [0.2, 0.25) is 5.02 Å². The van der Waals surface area contributed by atoms with Crippen molar-refractivity contribution in [3.8, 4) is 11.3 Å². The van der Waals surface area contributed by atoms with Crippen LogP contribution in [0, 0.1) is 0 Å². The van der Waals surface area contributed by atoms with Gasteiger partial charge in [-0.2, -0.15) is 0 Å². The predicted octanol–water partition coefficient (Wildman–Crippen LogP) is 4.06. The maximum absolute atomic E-state index is 6.09. The summed E-state index contributed by atoms with van der Waals surface area (Å²) in [6.07, 6.45) is 3.58. The average Bonchev–Trinajstić information content (AvgIpc) is 3.04. The van der Waals surface area contributed by atoms with Gasteiger partial charge in [0.2, 0.25) is 0 Å². The van der Waals surface area contributed by atoms with Crippen molar-refractivity contribution in [3.05, 3.63) is 77.7 Å². The van der Waals surface area contributed by atoms with Gasteiger partial charge in [-0.3, -0.25) is 4.98 Å². The standard InChI is InChI=1S/C18H14ClN5/c19-14-5-3-4-13(10-14)16-12-22-18-8-7-17(23-24(16)18)21-11-15-6-1-2-9-20-15/h1-10,12H,11H2,(H,21,23). The summed E-state index contributed by atoms with van der Waals surface area (Å²) in [5, 5.41) is 8.60. The molecule has 0 spiro atoms. The molecule has 0 saturated heterocycles. The number of aromatic nitrogens is 4. The first-order valence-corrected chi connectivity index (χ1v) is 7.92. The highest BCUT2D eigenvalue weighted by atomic mass is 35.5. The van der Waals surface area contributed by atoms with Gasteiger partial charge < -0.3 is 5.32 Å². The molecule has 3 heterocycles. The van der Waals surface area contributed by atoms with Crippen LogP contribution in [0.4, 0.5) is 5.82 Å². The summed E-state index contributed by atoms with van der Waals surface area (Å²) in [5.41, 5.74) is 3.62. The van der Waals surface area contributed by atoms with E-state index in [1.165, 1.54) is 0 Å². The summed E-state index contributed by atoms with van der Waals surface area (Å²) >= 11 is 6.09. The molecule has 4 rings (SSSR count). The van der Waals surface area contributed by atoms with Gasteiger partial charge in [-0.15, -0.1) is 5.10 Å². The van der Waals surface area contributed by atoms with E-state index < -0.39 is 0 Å². The lowest BCUT2D eigenvalue weighted by atomic mass is 10.2. The Bertz CT molecular complexity index is 981. The number of hydrogen-bond acceptors (Lipinski definition) is 4. The third kappa shape index (κ3) is 2.94. The lowest BCUT2D eigenvalue weighted by Gasteiger charge is -2.07. The number of anilines is 1. The van der Waals surface area contributed by atoms with Gasteiger partial charge >= 0.3 is 0 Å². The SMILES string of the molecule is Clc1cccc(-c2cnc3ccc(NCc4ccccn4)nn23)c1. The quantitative estimate of drug-likeness (QED) is 0.611.